The van der Waals surface area contributed by atoms with Gasteiger partial charge in [-0.05, 0) is 73.8 Å². The molecule has 5 nitrogen and oxygen atoms in total. The Kier molecular flexibility index (Phi) is 8.63. The van der Waals surface area contributed by atoms with Crippen molar-refractivity contribution in [3.63, 3.8) is 0 Å². The summed E-state index contributed by atoms with van der Waals surface area (Å²) in [7, 11) is 8.50. The lowest BCUT2D eigenvalue weighted by atomic mass is 10.1. The molecule has 1 fully saturated rings. The highest BCUT2D eigenvalue weighted by Gasteiger charge is 2.15. The Bertz CT molecular complexity index is 1110. The van der Waals surface area contributed by atoms with Crippen LogP contribution in [-0.4, -0.2) is 87.3 Å². The molecule has 0 atom stereocenters. The normalized spacial score (nSPS) is 16.8. The lowest BCUT2D eigenvalue weighted by Gasteiger charge is -2.24. The summed E-state index contributed by atoms with van der Waals surface area (Å²) in [4.78, 5) is 11.8. The number of hydrogen-bond donors (Lipinski definition) is 1. The van der Waals surface area contributed by atoms with Crippen LogP contribution in [0.15, 0.2) is 54.6 Å². The van der Waals surface area contributed by atoms with Crippen LogP contribution in [0, 0.1) is 0 Å². The second kappa shape index (κ2) is 11.9. The molecule has 1 N–H and O–H groups in total. The van der Waals surface area contributed by atoms with Crippen molar-refractivity contribution in [1.82, 2.24) is 14.7 Å². The molecule has 1 saturated heterocycles. The molecule has 0 unspecified atom stereocenters. The summed E-state index contributed by atoms with van der Waals surface area (Å²) >= 11 is 1.78. The first-order chi connectivity index (χ1) is 16.9. The van der Waals surface area contributed by atoms with Crippen molar-refractivity contribution in [2.45, 2.75) is 6.54 Å². The van der Waals surface area contributed by atoms with Gasteiger partial charge >= 0.3 is 0 Å². The average molecular weight is 491 g/mol. The first kappa shape index (κ1) is 25.5. The SMILES string of the molecule is CN1CCN(C)CCN(Cc2cc(-c3ccc(/C=C/c4ccc(N(C)C)cc4)s3)ccc2O)CC1. The van der Waals surface area contributed by atoms with E-state index in [9.17, 15) is 5.11 Å². The van der Waals surface area contributed by atoms with Crippen LogP contribution >= 0.6 is 11.3 Å². The van der Waals surface area contributed by atoms with Gasteiger partial charge in [-0.25, -0.2) is 0 Å². The molecule has 1 aliphatic heterocycles. The number of aromatic hydroxyl groups is 1. The minimum absolute atomic E-state index is 0.383. The Hall–Kier alpha value is -2.64. The highest BCUT2D eigenvalue weighted by atomic mass is 32.1. The van der Waals surface area contributed by atoms with Crippen molar-refractivity contribution in [3.8, 4) is 16.2 Å². The number of anilines is 1. The van der Waals surface area contributed by atoms with Gasteiger partial charge in [-0.3, -0.25) is 4.90 Å². The van der Waals surface area contributed by atoms with Crippen LogP contribution in [0.1, 0.15) is 16.0 Å². The molecule has 3 aromatic rings. The van der Waals surface area contributed by atoms with E-state index in [1.165, 1.54) is 21.0 Å². The quantitative estimate of drug-likeness (QED) is 0.524. The van der Waals surface area contributed by atoms with E-state index in [0.29, 0.717) is 5.75 Å². The molecular weight excluding hydrogens is 452 g/mol. The fourth-order valence-corrected chi connectivity index (χ4v) is 5.13. The summed E-state index contributed by atoms with van der Waals surface area (Å²) in [5.74, 6) is 0.383. The number of hydrogen-bond acceptors (Lipinski definition) is 6. The molecule has 0 radical (unpaired) electrons. The van der Waals surface area contributed by atoms with Crippen molar-refractivity contribution in [2.75, 3.05) is 72.4 Å². The third-order valence-electron chi connectivity index (χ3n) is 6.69. The zero-order valence-corrected chi connectivity index (χ0v) is 22.3. The molecule has 4 rings (SSSR count). The Morgan fingerprint density at radius 1 is 0.829 bits per heavy atom. The summed E-state index contributed by atoms with van der Waals surface area (Å²) < 4.78 is 0. The van der Waals surface area contributed by atoms with Crippen LogP contribution in [0.3, 0.4) is 0 Å². The molecule has 0 amide bonds. The van der Waals surface area contributed by atoms with Gasteiger partial charge in [-0.2, -0.15) is 0 Å². The van der Waals surface area contributed by atoms with E-state index < -0.39 is 0 Å². The molecule has 186 valence electrons. The fourth-order valence-electron chi connectivity index (χ4n) is 4.23. The first-order valence-electron chi connectivity index (χ1n) is 12.3. The van der Waals surface area contributed by atoms with Crippen LogP contribution < -0.4 is 4.90 Å². The van der Waals surface area contributed by atoms with Gasteiger partial charge < -0.3 is 19.8 Å². The van der Waals surface area contributed by atoms with Gasteiger partial charge in [0.25, 0.3) is 0 Å². The third-order valence-corrected chi connectivity index (χ3v) is 7.79. The monoisotopic (exact) mass is 490 g/mol. The molecule has 35 heavy (non-hydrogen) atoms. The van der Waals surface area contributed by atoms with Crippen LogP contribution in [0.5, 0.6) is 5.75 Å². The van der Waals surface area contributed by atoms with Crippen molar-refractivity contribution < 1.29 is 5.11 Å². The van der Waals surface area contributed by atoms with Gasteiger partial charge in [-0.1, -0.05) is 18.2 Å². The van der Waals surface area contributed by atoms with Crippen molar-refractivity contribution in [3.05, 3.63) is 70.6 Å². The van der Waals surface area contributed by atoms with Crippen LogP contribution in [-0.2, 0) is 6.54 Å². The smallest absolute Gasteiger partial charge is 0.120 e. The van der Waals surface area contributed by atoms with Gasteiger partial charge in [0.05, 0.1) is 0 Å². The summed E-state index contributed by atoms with van der Waals surface area (Å²) in [6.07, 6.45) is 4.34. The molecule has 0 aliphatic carbocycles. The van der Waals surface area contributed by atoms with Crippen molar-refractivity contribution in [2.24, 2.45) is 0 Å². The van der Waals surface area contributed by atoms with Gasteiger partial charge in [0.15, 0.2) is 0 Å². The maximum Gasteiger partial charge on any atom is 0.120 e. The Morgan fingerprint density at radius 3 is 2.14 bits per heavy atom. The highest BCUT2D eigenvalue weighted by Crippen LogP contribution is 2.32. The fraction of sp³-hybridized carbons (Fsp3) is 0.379. The minimum Gasteiger partial charge on any atom is -0.508 e. The van der Waals surface area contributed by atoms with E-state index >= 15 is 0 Å². The number of nitrogens with zero attached hydrogens (tertiary/aromatic N) is 4. The van der Waals surface area contributed by atoms with E-state index in [2.05, 4.69) is 102 Å². The molecule has 1 aliphatic rings. The second-order valence-corrected chi connectivity index (χ2v) is 10.9. The average Bonchev–Trinajstić information content (AvgIpc) is 3.35. The molecule has 0 spiro atoms. The summed E-state index contributed by atoms with van der Waals surface area (Å²) in [6, 6.07) is 19.0. The van der Waals surface area contributed by atoms with E-state index in [0.717, 1.165) is 56.9 Å². The molecule has 2 heterocycles. The van der Waals surface area contributed by atoms with E-state index in [4.69, 9.17) is 0 Å². The first-order valence-corrected chi connectivity index (χ1v) is 13.2. The topological polar surface area (TPSA) is 33.2 Å². The van der Waals surface area contributed by atoms with Crippen molar-refractivity contribution in [1.29, 1.82) is 0 Å². The maximum absolute atomic E-state index is 10.6. The minimum atomic E-state index is 0.383. The molecule has 0 bridgehead atoms. The number of phenolic OH excluding ortho intramolecular Hbond substituents is 1. The lowest BCUT2D eigenvalue weighted by molar-refractivity contribution is 0.226. The zero-order chi connectivity index (χ0) is 24.8. The summed E-state index contributed by atoms with van der Waals surface area (Å²) in [6.45, 7) is 7.08. The number of rotatable bonds is 6. The highest BCUT2D eigenvalue weighted by molar-refractivity contribution is 7.16. The Labute approximate surface area is 214 Å². The molecule has 6 heteroatoms. The zero-order valence-electron chi connectivity index (χ0n) is 21.4. The lowest BCUT2D eigenvalue weighted by Crippen LogP contribution is -2.34. The summed E-state index contributed by atoms with van der Waals surface area (Å²) in [5, 5.41) is 10.6. The predicted octanol–water partition coefficient (Wildman–Crippen LogP) is 5.04. The predicted molar refractivity (Wildman–Crippen MR) is 151 cm³/mol. The number of benzene rings is 2. The Morgan fingerprint density at radius 2 is 1.49 bits per heavy atom. The van der Waals surface area contributed by atoms with E-state index in [-0.39, 0.29) is 0 Å². The van der Waals surface area contributed by atoms with Crippen molar-refractivity contribution >= 4 is 29.2 Å². The van der Waals surface area contributed by atoms with Crippen LogP contribution in [0.25, 0.3) is 22.6 Å². The van der Waals surface area contributed by atoms with Crippen LogP contribution in [0.2, 0.25) is 0 Å². The molecule has 0 saturated carbocycles. The van der Waals surface area contributed by atoms with E-state index in [1.807, 2.05) is 12.1 Å². The number of likely N-dealkylation sites (N-methyl/N-ethyl adjacent to an activating group) is 2. The largest absolute Gasteiger partial charge is 0.508 e. The number of phenols is 1. The third kappa shape index (κ3) is 7.18. The Balaban J connectivity index is 1.45. The molecule has 1 aromatic heterocycles. The summed E-state index contributed by atoms with van der Waals surface area (Å²) in [5.41, 5.74) is 4.56. The van der Waals surface area contributed by atoms with Crippen LogP contribution in [0.4, 0.5) is 5.69 Å². The standard InChI is InChI=1S/C29H38N4OS/c1-30(2)26-9-5-23(6-10-26)7-11-27-12-14-29(35-27)24-8-13-28(34)25(21-24)22-33-19-17-31(3)15-16-32(4)18-20-33/h5-14,21,34H,15-20,22H2,1-4H3/b11-7+. The maximum atomic E-state index is 10.6. The molecule has 2 aromatic carbocycles. The van der Waals surface area contributed by atoms with Gasteiger partial charge in [0, 0.05) is 80.9 Å². The van der Waals surface area contributed by atoms with Gasteiger partial charge in [0.1, 0.15) is 5.75 Å². The number of thiophene rings is 1. The second-order valence-electron chi connectivity index (χ2n) is 9.75. The van der Waals surface area contributed by atoms with Gasteiger partial charge in [0.2, 0.25) is 0 Å². The van der Waals surface area contributed by atoms with Gasteiger partial charge in [-0.15, -0.1) is 11.3 Å². The van der Waals surface area contributed by atoms with E-state index in [1.54, 1.807) is 11.3 Å². The molecular formula is C29H38N4OS.